The third-order valence-corrected chi connectivity index (χ3v) is 11.2. The predicted octanol–water partition coefficient (Wildman–Crippen LogP) is 7.81. The second-order valence-corrected chi connectivity index (χ2v) is 12.8. The first-order valence-electron chi connectivity index (χ1n) is 14.3. The van der Waals surface area contributed by atoms with Gasteiger partial charge in [0.1, 0.15) is 0 Å². The zero-order chi connectivity index (χ0) is 23.1. The first-order chi connectivity index (χ1) is 16.0. The smallest absolute Gasteiger partial charge is 0.157 e. The molecule has 1 heterocycles. The average molecular weight is 454 g/mol. The van der Waals surface area contributed by atoms with Crippen molar-refractivity contribution in [2.24, 2.45) is 40.4 Å². The maximum atomic E-state index is 8.96. The number of rotatable bonds is 6. The molecule has 9 atom stereocenters. The van der Waals surface area contributed by atoms with Crippen LogP contribution in [0.15, 0.2) is 11.6 Å². The lowest BCUT2D eigenvalue weighted by Gasteiger charge is -2.58. The Hall–Kier alpha value is -0.850. The van der Waals surface area contributed by atoms with Gasteiger partial charge >= 0.3 is 0 Å². The molecule has 3 nitrogen and oxygen atoms in total. The molecule has 0 spiro atoms. The Labute approximate surface area is 202 Å². The number of allylic oxidation sites excluding steroid dienone is 1. The molecule has 4 fully saturated rings. The molecular formula is C30H47NO2. The van der Waals surface area contributed by atoms with Crippen LogP contribution >= 0.6 is 0 Å². The summed E-state index contributed by atoms with van der Waals surface area (Å²) in [5.74, 6) is 4.28. The van der Waals surface area contributed by atoms with Gasteiger partial charge in [0, 0.05) is 13.0 Å². The second-order valence-electron chi connectivity index (χ2n) is 12.8. The van der Waals surface area contributed by atoms with Gasteiger partial charge in [-0.1, -0.05) is 32.4 Å². The fourth-order valence-electron chi connectivity index (χ4n) is 9.46. The van der Waals surface area contributed by atoms with Crippen molar-refractivity contribution in [1.29, 1.82) is 5.26 Å². The minimum absolute atomic E-state index is 0.0472. The number of fused-ring (bicyclic) bond motifs is 5. The van der Waals surface area contributed by atoms with E-state index in [1.165, 1.54) is 64.2 Å². The minimum atomic E-state index is 0.0472. The normalized spacial score (nSPS) is 45.8. The van der Waals surface area contributed by atoms with Crippen LogP contribution in [0.3, 0.4) is 0 Å². The fraction of sp³-hybridized carbons (Fsp3) is 0.900. The van der Waals surface area contributed by atoms with Crippen LogP contribution in [0.5, 0.6) is 0 Å². The van der Waals surface area contributed by atoms with Gasteiger partial charge in [0.05, 0.1) is 12.2 Å². The van der Waals surface area contributed by atoms with Gasteiger partial charge in [-0.2, -0.15) is 5.26 Å². The highest BCUT2D eigenvalue weighted by Gasteiger charge is 2.59. The molecule has 1 saturated heterocycles. The highest BCUT2D eigenvalue weighted by molar-refractivity contribution is 5.25. The van der Waals surface area contributed by atoms with Crippen molar-refractivity contribution in [3.63, 3.8) is 0 Å². The number of unbranched alkanes of at least 4 members (excludes halogenated alkanes) is 1. The van der Waals surface area contributed by atoms with Crippen molar-refractivity contribution < 1.29 is 9.47 Å². The van der Waals surface area contributed by atoms with Crippen molar-refractivity contribution in [1.82, 2.24) is 0 Å². The topological polar surface area (TPSA) is 42.2 Å². The lowest BCUT2D eigenvalue weighted by Crippen LogP contribution is -2.51. The van der Waals surface area contributed by atoms with E-state index < -0.39 is 0 Å². The molecule has 0 bridgehead atoms. The molecule has 5 aliphatic rings. The summed E-state index contributed by atoms with van der Waals surface area (Å²) in [6, 6.07) is 2.35. The summed E-state index contributed by atoms with van der Waals surface area (Å²) in [6.45, 7) is 8.63. The summed E-state index contributed by atoms with van der Waals surface area (Å²) in [6.07, 6.45) is 20.3. The standard InChI is InChI=1S/C30H47NO2/c1-21(8-4-6-18-31)25-12-13-26-24-11-10-22-20-23(33-28-9-5-7-19-32-28)14-16-29(22,2)27(24)15-17-30(25,26)3/h10,21,23-28H,4-9,11-17,19-20H2,1-3H3/t21-,23+,24+,25-,26+,27+,28?,29+,30-/m1/s1. The van der Waals surface area contributed by atoms with Gasteiger partial charge in [0.15, 0.2) is 6.29 Å². The van der Waals surface area contributed by atoms with Crippen LogP contribution in [0, 0.1) is 51.8 Å². The van der Waals surface area contributed by atoms with Crippen LogP contribution in [0.2, 0.25) is 0 Å². The summed E-state index contributed by atoms with van der Waals surface area (Å²) in [7, 11) is 0. The monoisotopic (exact) mass is 453 g/mol. The van der Waals surface area contributed by atoms with Crippen molar-refractivity contribution in [2.75, 3.05) is 6.61 Å². The Morgan fingerprint density at radius 1 is 1.12 bits per heavy atom. The first-order valence-corrected chi connectivity index (χ1v) is 14.3. The quantitative estimate of drug-likeness (QED) is 0.304. The van der Waals surface area contributed by atoms with E-state index in [-0.39, 0.29) is 6.29 Å². The molecule has 33 heavy (non-hydrogen) atoms. The zero-order valence-electron chi connectivity index (χ0n) is 21.5. The van der Waals surface area contributed by atoms with E-state index in [4.69, 9.17) is 14.7 Å². The molecule has 184 valence electrons. The van der Waals surface area contributed by atoms with E-state index in [9.17, 15) is 0 Å². The Morgan fingerprint density at radius 3 is 2.79 bits per heavy atom. The largest absolute Gasteiger partial charge is 0.353 e. The summed E-state index contributed by atoms with van der Waals surface area (Å²) in [5, 5.41) is 8.96. The number of nitrogens with zero attached hydrogens (tertiary/aromatic N) is 1. The van der Waals surface area contributed by atoms with E-state index in [1.807, 2.05) is 0 Å². The molecule has 0 amide bonds. The third-order valence-electron chi connectivity index (χ3n) is 11.2. The molecule has 1 aliphatic heterocycles. The zero-order valence-corrected chi connectivity index (χ0v) is 21.5. The lowest BCUT2D eigenvalue weighted by atomic mass is 9.47. The van der Waals surface area contributed by atoms with Gasteiger partial charge in [0.25, 0.3) is 0 Å². The number of nitriles is 1. The van der Waals surface area contributed by atoms with Crippen molar-refractivity contribution in [3.05, 3.63) is 11.6 Å². The van der Waals surface area contributed by atoms with Crippen molar-refractivity contribution in [2.45, 2.75) is 123 Å². The third kappa shape index (κ3) is 4.33. The van der Waals surface area contributed by atoms with E-state index >= 15 is 0 Å². The van der Waals surface area contributed by atoms with Gasteiger partial charge in [-0.05, 0) is 124 Å². The SMILES string of the molecule is C[C@H](CCCC#N)[C@H]1CC[C@H]2[C@@H]3CC=C4C[C@@H](OC5CCCCO5)CC[C@]4(C)[C@H]3CC[C@]12C. The Morgan fingerprint density at radius 2 is 2.00 bits per heavy atom. The van der Waals surface area contributed by atoms with Crippen LogP contribution < -0.4 is 0 Å². The van der Waals surface area contributed by atoms with Crippen LogP contribution in [0.4, 0.5) is 0 Å². The molecule has 0 aromatic carbocycles. The minimum Gasteiger partial charge on any atom is -0.353 e. The molecule has 0 radical (unpaired) electrons. The van der Waals surface area contributed by atoms with E-state index in [0.29, 0.717) is 16.9 Å². The molecule has 4 aliphatic carbocycles. The van der Waals surface area contributed by atoms with Gasteiger partial charge in [-0.15, -0.1) is 0 Å². The first kappa shape index (κ1) is 23.9. The van der Waals surface area contributed by atoms with Crippen LogP contribution in [0.25, 0.3) is 0 Å². The average Bonchev–Trinajstić information content (AvgIpc) is 3.17. The maximum absolute atomic E-state index is 8.96. The highest BCUT2D eigenvalue weighted by Crippen LogP contribution is 2.67. The van der Waals surface area contributed by atoms with Crippen molar-refractivity contribution >= 4 is 0 Å². The number of hydrogen-bond acceptors (Lipinski definition) is 3. The molecule has 0 N–H and O–H groups in total. The maximum Gasteiger partial charge on any atom is 0.157 e. The molecule has 1 unspecified atom stereocenters. The van der Waals surface area contributed by atoms with E-state index in [1.54, 1.807) is 5.57 Å². The van der Waals surface area contributed by atoms with Crippen molar-refractivity contribution in [3.8, 4) is 6.07 Å². The van der Waals surface area contributed by atoms with Crippen LogP contribution in [-0.4, -0.2) is 19.0 Å². The molecule has 5 rings (SSSR count). The van der Waals surface area contributed by atoms with Gasteiger partial charge in [0.2, 0.25) is 0 Å². The van der Waals surface area contributed by atoms with Gasteiger partial charge < -0.3 is 9.47 Å². The molecule has 3 saturated carbocycles. The summed E-state index contributed by atoms with van der Waals surface area (Å²) in [5.41, 5.74) is 2.64. The Balaban J connectivity index is 1.26. The van der Waals surface area contributed by atoms with Crippen LogP contribution in [-0.2, 0) is 9.47 Å². The summed E-state index contributed by atoms with van der Waals surface area (Å²) < 4.78 is 12.3. The molecule has 0 aromatic heterocycles. The molecule has 0 aromatic rings. The van der Waals surface area contributed by atoms with Gasteiger partial charge in [-0.25, -0.2) is 0 Å². The molecular weight excluding hydrogens is 406 g/mol. The summed E-state index contributed by atoms with van der Waals surface area (Å²) in [4.78, 5) is 0. The highest BCUT2D eigenvalue weighted by atomic mass is 16.7. The number of ether oxygens (including phenoxy) is 2. The fourth-order valence-corrected chi connectivity index (χ4v) is 9.46. The van der Waals surface area contributed by atoms with E-state index in [0.717, 1.165) is 61.9 Å². The Kier molecular flexibility index (Phi) is 6.99. The lowest BCUT2D eigenvalue weighted by molar-refractivity contribution is -0.195. The van der Waals surface area contributed by atoms with Crippen LogP contribution in [0.1, 0.15) is 111 Å². The Bertz CT molecular complexity index is 764. The number of hydrogen-bond donors (Lipinski definition) is 0. The van der Waals surface area contributed by atoms with Gasteiger partial charge in [-0.3, -0.25) is 0 Å². The van der Waals surface area contributed by atoms with E-state index in [2.05, 4.69) is 32.9 Å². The molecule has 3 heteroatoms. The predicted molar refractivity (Wildman–Crippen MR) is 132 cm³/mol. The summed E-state index contributed by atoms with van der Waals surface area (Å²) >= 11 is 0. The second kappa shape index (κ2) is 9.66.